The molecule has 1 aromatic rings. The van der Waals surface area contributed by atoms with E-state index in [1.807, 2.05) is 19.1 Å². The van der Waals surface area contributed by atoms with Crippen LogP contribution in [0.1, 0.15) is 46.1 Å². The van der Waals surface area contributed by atoms with Gasteiger partial charge in [0.2, 0.25) is 0 Å². The smallest absolute Gasteiger partial charge is 0.130 e. The van der Waals surface area contributed by atoms with E-state index >= 15 is 0 Å². The van der Waals surface area contributed by atoms with Crippen LogP contribution in [0.5, 0.6) is 5.75 Å². The quantitative estimate of drug-likeness (QED) is 0.868. The summed E-state index contributed by atoms with van der Waals surface area (Å²) in [7, 11) is 0. The van der Waals surface area contributed by atoms with Gasteiger partial charge in [-0.3, -0.25) is 0 Å². The Balaban J connectivity index is 1.98. The molecule has 0 heterocycles. The summed E-state index contributed by atoms with van der Waals surface area (Å²) >= 11 is 0. The largest absolute Gasteiger partial charge is 0.488 e. The Kier molecular flexibility index (Phi) is 4.71. The molecule has 112 valence electrons. The summed E-state index contributed by atoms with van der Waals surface area (Å²) in [4.78, 5) is 0. The summed E-state index contributed by atoms with van der Waals surface area (Å²) in [6.07, 6.45) is 1.14. The molecule has 3 heteroatoms. The normalized spacial score (nSPS) is 26.1. The number of ether oxygens (including phenoxy) is 2. The molecular weight excluding hydrogens is 252 g/mol. The van der Waals surface area contributed by atoms with Gasteiger partial charge in [0.1, 0.15) is 18.0 Å². The van der Waals surface area contributed by atoms with E-state index in [0.29, 0.717) is 13.0 Å². The molecule has 3 unspecified atom stereocenters. The van der Waals surface area contributed by atoms with Gasteiger partial charge in [-0.15, -0.1) is 0 Å². The maximum absolute atomic E-state index is 9.66. The summed E-state index contributed by atoms with van der Waals surface area (Å²) in [5, 5.41) is 9.66. The molecule has 1 saturated carbocycles. The molecule has 1 aliphatic carbocycles. The zero-order valence-corrected chi connectivity index (χ0v) is 12.9. The van der Waals surface area contributed by atoms with Crippen LogP contribution in [0.25, 0.3) is 0 Å². The van der Waals surface area contributed by atoms with Crippen molar-refractivity contribution in [3.8, 4) is 5.75 Å². The van der Waals surface area contributed by atoms with Crippen molar-refractivity contribution in [3.05, 3.63) is 29.8 Å². The monoisotopic (exact) mass is 278 g/mol. The van der Waals surface area contributed by atoms with Crippen LogP contribution in [0.15, 0.2) is 24.3 Å². The number of aliphatic hydroxyl groups is 1. The van der Waals surface area contributed by atoms with Crippen LogP contribution >= 0.6 is 0 Å². The average molecular weight is 278 g/mol. The third-order valence-corrected chi connectivity index (χ3v) is 4.39. The third-order valence-electron chi connectivity index (χ3n) is 4.39. The summed E-state index contributed by atoms with van der Waals surface area (Å²) in [6.45, 7) is 9.23. The Hall–Kier alpha value is -1.06. The predicted octanol–water partition coefficient (Wildman–Crippen LogP) is 3.29. The fourth-order valence-corrected chi connectivity index (χ4v) is 2.45. The summed E-state index contributed by atoms with van der Waals surface area (Å²) < 4.78 is 11.4. The average Bonchev–Trinajstić information content (AvgIpc) is 2.45. The first-order valence-electron chi connectivity index (χ1n) is 7.54. The predicted molar refractivity (Wildman–Crippen MR) is 80.2 cm³/mol. The lowest BCUT2D eigenvalue weighted by Gasteiger charge is -2.40. The van der Waals surface area contributed by atoms with E-state index < -0.39 is 6.10 Å². The standard InChI is InChI=1S/C17H26O3/c1-5-17(3,4)12-7-9-13(10-8-12)20-15-11-14(18)16(15)19-6-2/h7-10,14-16,18H,5-6,11H2,1-4H3. The van der Waals surface area contributed by atoms with E-state index in [4.69, 9.17) is 9.47 Å². The lowest BCUT2D eigenvalue weighted by atomic mass is 9.82. The Morgan fingerprint density at radius 1 is 1.20 bits per heavy atom. The number of rotatable bonds is 6. The van der Waals surface area contributed by atoms with Crippen molar-refractivity contribution in [2.24, 2.45) is 0 Å². The van der Waals surface area contributed by atoms with E-state index in [0.717, 1.165) is 12.2 Å². The molecule has 1 aliphatic rings. The van der Waals surface area contributed by atoms with Crippen molar-refractivity contribution >= 4 is 0 Å². The minimum atomic E-state index is -0.391. The fourth-order valence-electron chi connectivity index (χ4n) is 2.45. The van der Waals surface area contributed by atoms with Gasteiger partial charge in [0.15, 0.2) is 0 Å². The number of hydrogen-bond donors (Lipinski definition) is 1. The lowest BCUT2D eigenvalue weighted by molar-refractivity contribution is -0.160. The van der Waals surface area contributed by atoms with Crippen LogP contribution in [0.4, 0.5) is 0 Å². The molecule has 1 aromatic carbocycles. The van der Waals surface area contributed by atoms with Gasteiger partial charge in [-0.25, -0.2) is 0 Å². The molecule has 0 saturated heterocycles. The molecule has 3 atom stereocenters. The van der Waals surface area contributed by atoms with Crippen molar-refractivity contribution in [2.75, 3.05) is 6.61 Å². The van der Waals surface area contributed by atoms with Crippen LogP contribution in [-0.2, 0) is 10.2 Å². The molecule has 0 aromatic heterocycles. The molecule has 0 amide bonds. The maximum atomic E-state index is 9.66. The zero-order valence-electron chi connectivity index (χ0n) is 12.9. The Morgan fingerprint density at radius 3 is 2.35 bits per heavy atom. The molecule has 0 spiro atoms. The van der Waals surface area contributed by atoms with Crippen molar-refractivity contribution in [3.63, 3.8) is 0 Å². The highest BCUT2D eigenvalue weighted by atomic mass is 16.6. The van der Waals surface area contributed by atoms with Gasteiger partial charge in [0.25, 0.3) is 0 Å². The molecule has 2 rings (SSSR count). The molecule has 1 fully saturated rings. The summed E-state index contributed by atoms with van der Waals surface area (Å²) in [6, 6.07) is 8.29. The van der Waals surface area contributed by atoms with Crippen molar-refractivity contribution in [2.45, 2.75) is 64.3 Å². The zero-order chi connectivity index (χ0) is 14.8. The molecule has 20 heavy (non-hydrogen) atoms. The van der Waals surface area contributed by atoms with Gasteiger partial charge in [-0.1, -0.05) is 32.9 Å². The van der Waals surface area contributed by atoms with Gasteiger partial charge in [0.05, 0.1) is 6.10 Å². The second-order valence-electron chi connectivity index (χ2n) is 6.14. The van der Waals surface area contributed by atoms with Crippen LogP contribution in [0.2, 0.25) is 0 Å². The highest BCUT2D eigenvalue weighted by Gasteiger charge is 2.42. The number of hydrogen-bond acceptors (Lipinski definition) is 3. The second-order valence-corrected chi connectivity index (χ2v) is 6.14. The van der Waals surface area contributed by atoms with Gasteiger partial charge in [-0.2, -0.15) is 0 Å². The first-order chi connectivity index (χ1) is 9.47. The van der Waals surface area contributed by atoms with Gasteiger partial charge < -0.3 is 14.6 Å². The van der Waals surface area contributed by atoms with E-state index in [2.05, 4.69) is 32.9 Å². The molecule has 0 aliphatic heterocycles. The molecule has 3 nitrogen and oxygen atoms in total. The topological polar surface area (TPSA) is 38.7 Å². The third kappa shape index (κ3) is 3.15. The Morgan fingerprint density at radius 2 is 1.85 bits per heavy atom. The van der Waals surface area contributed by atoms with Crippen LogP contribution in [-0.4, -0.2) is 30.0 Å². The van der Waals surface area contributed by atoms with Crippen LogP contribution < -0.4 is 4.74 Å². The second kappa shape index (κ2) is 6.15. The van der Waals surface area contributed by atoms with Gasteiger partial charge >= 0.3 is 0 Å². The Labute approximate surface area is 121 Å². The summed E-state index contributed by atoms with van der Waals surface area (Å²) in [5.41, 5.74) is 1.52. The maximum Gasteiger partial charge on any atom is 0.130 e. The van der Waals surface area contributed by atoms with Gasteiger partial charge in [0, 0.05) is 13.0 Å². The minimum absolute atomic E-state index is 0.0324. The highest BCUT2D eigenvalue weighted by molar-refractivity contribution is 5.32. The SMILES string of the molecule is CCOC1C(O)CC1Oc1ccc(C(C)(C)CC)cc1. The van der Waals surface area contributed by atoms with Gasteiger partial charge in [-0.05, 0) is 36.5 Å². The van der Waals surface area contributed by atoms with Crippen molar-refractivity contribution < 1.29 is 14.6 Å². The van der Waals surface area contributed by atoms with Crippen molar-refractivity contribution in [1.29, 1.82) is 0 Å². The minimum Gasteiger partial charge on any atom is -0.488 e. The molecular formula is C17H26O3. The van der Waals surface area contributed by atoms with Crippen LogP contribution in [0, 0.1) is 0 Å². The van der Waals surface area contributed by atoms with E-state index in [9.17, 15) is 5.11 Å². The number of aliphatic hydroxyl groups excluding tert-OH is 1. The lowest BCUT2D eigenvalue weighted by Crippen LogP contribution is -2.55. The van der Waals surface area contributed by atoms with Crippen LogP contribution in [0.3, 0.4) is 0 Å². The molecule has 1 N–H and O–H groups in total. The van der Waals surface area contributed by atoms with Crippen molar-refractivity contribution in [1.82, 2.24) is 0 Å². The molecule has 0 radical (unpaired) electrons. The summed E-state index contributed by atoms with van der Waals surface area (Å²) in [5.74, 6) is 0.849. The highest BCUT2D eigenvalue weighted by Crippen LogP contribution is 2.31. The Bertz CT molecular complexity index is 424. The first kappa shape index (κ1) is 15.3. The first-order valence-corrected chi connectivity index (χ1v) is 7.54. The van der Waals surface area contributed by atoms with E-state index in [-0.39, 0.29) is 17.6 Å². The van der Waals surface area contributed by atoms with E-state index in [1.54, 1.807) is 0 Å². The fraction of sp³-hybridized carbons (Fsp3) is 0.647. The number of benzene rings is 1. The molecule has 0 bridgehead atoms. The van der Waals surface area contributed by atoms with E-state index in [1.165, 1.54) is 5.56 Å².